The summed E-state index contributed by atoms with van der Waals surface area (Å²) in [5, 5.41) is 11.3. The van der Waals surface area contributed by atoms with Crippen LogP contribution in [0.25, 0.3) is 16.9 Å². The Labute approximate surface area is 149 Å². The number of rotatable bonds is 5. The Morgan fingerprint density at radius 3 is 2.26 bits per heavy atom. The molecule has 0 fully saturated rings. The van der Waals surface area contributed by atoms with E-state index in [-0.39, 0.29) is 17.9 Å². The topological polar surface area (TPSA) is 61.5 Å². The normalized spacial score (nSPS) is 12.6. The molecule has 6 nitrogen and oxygen atoms in total. The van der Waals surface area contributed by atoms with E-state index in [0.717, 1.165) is 16.6 Å². The smallest absolute Gasteiger partial charge is 0.406 e. The van der Waals surface area contributed by atoms with Gasteiger partial charge in [0.15, 0.2) is 5.65 Å². The number of aromatic nitrogens is 4. The zero-order valence-electron chi connectivity index (χ0n) is 14.1. The van der Waals surface area contributed by atoms with Gasteiger partial charge >= 0.3 is 12.3 Å². The summed E-state index contributed by atoms with van der Waals surface area (Å²) in [7, 11) is 1.42. The second-order valence-corrected chi connectivity index (χ2v) is 5.71. The molecular weight excluding hydrogens is 375 g/mol. The minimum Gasteiger partial charge on any atom is -0.406 e. The molecule has 0 bridgehead atoms. The molecule has 0 aliphatic carbocycles. The number of fused-ring (bicyclic) bond motifs is 1. The highest BCUT2D eigenvalue weighted by molar-refractivity contribution is 5.63. The lowest BCUT2D eigenvalue weighted by molar-refractivity contribution is -0.274. The molecule has 1 aromatic carbocycles. The van der Waals surface area contributed by atoms with Crippen LogP contribution in [0.1, 0.15) is 18.3 Å². The predicted octanol–water partition coefficient (Wildman–Crippen LogP) is 3.95. The first kappa shape index (κ1) is 19.0. The van der Waals surface area contributed by atoms with Gasteiger partial charge in [0.1, 0.15) is 5.75 Å². The van der Waals surface area contributed by atoms with Crippen LogP contribution in [0.2, 0.25) is 0 Å². The van der Waals surface area contributed by atoms with Crippen molar-refractivity contribution < 1.29 is 31.4 Å². The number of alkyl halides is 5. The van der Waals surface area contributed by atoms with Gasteiger partial charge in [-0.05, 0) is 30.3 Å². The molecule has 0 saturated carbocycles. The molecule has 2 aromatic heterocycles. The Kier molecular flexibility index (Phi) is 4.72. The van der Waals surface area contributed by atoms with E-state index in [1.54, 1.807) is 6.07 Å². The van der Waals surface area contributed by atoms with Crippen molar-refractivity contribution in [1.82, 2.24) is 19.8 Å². The fourth-order valence-electron chi connectivity index (χ4n) is 2.44. The quantitative estimate of drug-likeness (QED) is 0.620. The van der Waals surface area contributed by atoms with E-state index in [4.69, 9.17) is 4.74 Å². The van der Waals surface area contributed by atoms with Gasteiger partial charge in [-0.2, -0.15) is 18.4 Å². The van der Waals surface area contributed by atoms with Gasteiger partial charge in [-0.3, -0.25) is 0 Å². The van der Waals surface area contributed by atoms with Crippen LogP contribution in [0.15, 0.2) is 30.3 Å². The van der Waals surface area contributed by atoms with E-state index >= 15 is 0 Å². The number of hydrogen-bond acceptors (Lipinski definition) is 5. The predicted molar refractivity (Wildman–Crippen MR) is 83.2 cm³/mol. The first-order valence-corrected chi connectivity index (χ1v) is 7.57. The van der Waals surface area contributed by atoms with Crippen LogP contribution >= 0.6 is 0 Å². The number of methoxy groups -OCH3 is 1. The number of halogens is 5. The zero-order chi connectivity index (χ0) is 19.8. The lowest BCUT2D eigenvalue weighted by Gasteiger charge is -2.11. The second-order valence-electron chi connectivity index (χ2n) is 5.71. The van der Waals surface area contributed by atoms with Crippen LogP contribution in [0.4, 0.5) is 22.0 Å². The number of benzene rings is 1. The third kappa shape index (κ3) is 4.13. The summed E-state index contributed by atoms with van der Waals surface area (Å²) in [6.45, 7) is 0.721. The molecule has 2 heterocycles. The van der Waals surface area contributed by atoms with Crippen LogP contribution in [0.5, 0.6) is 5.75 Å². The summed E-state index contributed by atoms with van der Waals surface area (Å²) in [5.74, 6) is -4.36. The van der Waals surface area contributed by atoms with Gasteiger partial charge in [0.05, 0.1) is 12.3 Å². The number of hydrogen-bond donors (Lipinski definition) is 0. The fourth-order valence-corrected chi connectivity index (χ4v) is 2.44. The molecule has 0 radical (unpaired) electrons. The average Bonchev–Trinajstić information content (AvgIpc) is 2.98. The molecule has 0 unspecified atom stereocenters. The molecule has 0 N–H and O–H groups in total. The van der Waals surface area contributed by atoms with Gasteiger partial charge in [-0.15, -0.1) is 23.4 Å². The Balaban J connectivity index is 2.08. The van der Waals surface area contributed by atoms with E-state index < -0.39 is 23.9 Å². The van der Waals surface area contributed by atoms with Crippen LogP contribution in [-0.4, -0.2) is 33.3 Å². The van der Waals surface area contributed by atoms with Gasteiger partial charge < -0.3 is 9.47 Å². The molecule has 3 aromatic rings. The Morgan fingerprint density at radius 1 is 1.04 bits per heavy atom. The van der Waals surface area contributed by atoms with Crippen LogP contribution < -0.4 is 4.74 Å². The van der Waals surface area contributed by atoms with E-state index in [1.807, 2.05) is 0 Å². The maximum absolute atomic E-state index is 13.8. The van der Waals surface area contributed by atoms with Crippen molar-refractivity contribution in [1.29, 1.82) is 0 Å². The van der Waals surface area contributed by atoms with E-state index in [2.05, 4.69) is 20.0 Å². The van der Waals surface area contributed by atoms with Gasteiger partial charge in [-0.25, -0.2) is 0 Å². The highest BCUT2D eigenvalue weighted by Gasteiger charge is 2.33. The lowest BCUT2D eigenvalue weighted by Crippen LogP contribution is -2.17. The molecule has 0 spiro atoms. The zero-order valence-corrected chi connectivity index (χ0v) is 14.1. The Morgan fingerprint density at radius 2 is 1.70 bits per heavy atom. The maximum atomic E-state index is 13.8. The molecular formula is C16H13F5N4O2. The molecule has 3 rings (SSSR count). The first-order chi connectivity index (χ1) is 12.6. The largest absolute Gasteiger partial charge is 0.573 e. The van der Waals surface area contributed by atoms with E-state index in [0.29, 0.717) is 18.1 Å². The summed E-state index contributed by atoms with van der Waals surface area (Å²) in [6.07, 6.45) is -4.81. The van der Waals surface area contributed by atoms with Crippen molar-refractivity contribution in [3.63, 3.8) is 0 Å². The van der Waals surface area contributed by atoms with Gasteiger partial charge in [0, 0.05) is 25.2 Å². The summed E-state index contributed by atoms with van der Waals surface area (Å²) >= 11 is 0. The monoisotopic (exact) mass is 388 g/mol. The second kappa shape index (κ2) is 6.72. The highest BCUT2D eigenvalue weighted by Crippen LogP contribution is 2.29. The molecule has 27 heavy (non-hydrogen) atoms. The summed E-state index contributed by atoms with van der Waals surface area (Å²) in [5.41, 5.74) is 1.18. The SMILES string of the molecule is COCc1cc(-c2ccc(OC(F)(F)F)cc2)nn2c(C(C)(F)F)nnc12. The van der Waals surface area contributed by atoms with Crippen molar-refractivity contribution in [3.05, 3.63) is 41.7 Å². The Hall–Kier alpha value is -2.82. The molecule has 0 aliphatic rings. The van der Waals surface area contributed by atoms with Crippen LogP contribution in [0, 0.1) is 0 Å². The van der Waals surface area contributed by atoms with E-state index in [9.17, 15) is 22.0 Å². The highest BCUT2D eigenvalue weighted by atomic mass is 19.4. The summed E-state index contributed by atoms with van der Waals surface area (Å²) in [6, 6.07) is 6.42. The maximum Gasteiger partial charge on any atom is 0.573 e. The lowest BCUT2D eigenvalue weighted by atomic mass is 10.1. The number of nitrogens with zero attached hydrogens (tertiary/aromatic N) is 4. The van der Waals surface area contributed by atoms with Crippen LogP contribution in [-0.2, 0) is 17.3 Å². The molecule has 0 aliphatic heterocycles. The minimum absolute atomic E-state index is 0.0572. The van der Waals surface area contributed by atoms with Crippen molar-refractivity contribution in [2.75, 3.05) is 7.11 Å². The Bertz CT molecular complexity index is 948. The summed E-state index contributed by atoms with van der Waals surface area (Å²) in [4.78, 5) is 0. The van der Waals surface area contributed by atoms with Crippen molar-refractivity contribution in [2.24, 2.45) is 0 Å². The third-order valence-corrected chi connectivity index (χ3v) is 3.52. The fraction of sp³-hybridized carbons (Fsp3) is 0.312. The van der Waals surface area contributed by atoms with Crippen molar-refractivity contribution >= 4 is 5.65 Å². The number of ether oxygens (including phenoxy) is 2. The first-order valence-electron chi connectivity index (χ1n) is 7.57. The van der Waals surface area contributed by atoms with Crippen LogP contribution in [0.3, 0.4) is 0 Å². The van der Waals surface area contributed by atoms with Crippen molar-refractivity contribution in [3.8, 4) is 17.0 Å². The average molecular weight is 388 g/mol. The molecule has 0 saturated heterocycles. The van der Waals surface area contributed by atoms with Crippen molar-refractivity contribution in [2.45, 2.75) is 25.8 Å². The molecule has 0 atom stereocenters. The third-order valence-electron chi connectivity index (χ3n) is 3.52. The van der Waals surface area contributed by atoms with Gasteiger partial charge in [0.25, 0.3) is 0 Å². The minimum atomic E-state index is -4.81. The van der Waals surface area contributed by atoms with E-state index in [1.165, 1.54) is 19.2 Å². The molecule has 0 amide bonds. The molecule has 144 valence electrons. The van der Waals surface area contributed by atoms with Gasteiger partial charge in [-0.1, -0.05) is 0 Å². The summed E-state index contributed by atoms with van der Waals surface area (Å²) < 4.78 is 74.1. The van der Waals surface area contributed by atoms with Gasteiger partial charge in [0.2, 0.25) is 5.82 Å². The standard InChI is InChI=1S/C16H13F5N4O2/c1-15(17,18)14-23-22-13-10(8-26-2)7-12(24-25(13)14)9-3-5-11(6-4-9)27-16(19,20)21/h3-7H,8H2,1-2H3. The molecule has 11 heteroatoms.